The topological polar surface area (TPSA) is 130 Å². The molecule has 0 bridgehead atoms. The number of fused-ring (bicyclic) bond motifs is 1. The number of aromatic nitrogens is 4. The van der Waals surface area contributed by atoms with Crippen LogP contribution in [0.4, 0.5) is 11.4 Å². The van der Waals surface area contributed by atoms with E-state index in [-0.39, 0.29) is 16.7 Å². The summed E-state index contributed by atoms with van der Waals surface area (Å²) in [4.78, 5) is 18.4. The van der Waals surface area contributed by atoms with Crippen LogP contribution in [0.5, 0.6) is 0 Å². The summed E-state index contributed by atoms with van der Waals surface area (Å²) in [5.41, 5.74) is 4.65. The van der Waals surface area contributed by atoms with E-state index in [1.165, 1.54) is 0 Å². The van der Waals surface area contributed by atoms with Gasteiger partial charge >= 0.3 is 0 Å². The number of pyridine rings is 1. The van der Waals surface area contributed by atoms with Crippen LogP contribution in [0.3, 0.4) is 0 Å². The molecule has 10 heteroatoms. The molecule has 1 saturated heterocycles. The standard InChI is InChI=1S/C30H36N8O2/c1-29(2)17-33-25-20(15-32-23-8-10-40-16-23)11-24(36-26(25)29)27(39)35-22-6-4-5-21(12-22)30(13-19(14-30)7-9-31)28-37-34-18-38(28)3/h4-6,11-12,18-19,23,32-33H,7-8,10,13-17H2,1-3H3,(H,35,39)/t19?,23-,30?/m0/s1. The first-order valence-corrected chi connectivity index (χ1v) is 14.0. The van der Waals surface area contributed by atoms with Gasteiger partial charge in [0.2, 0.25) is 0 Å². The second-order valence-electron chi connectivity index (χ2n) is 12.1. The first-order valence-electron chi connectivity index (χ1n) is 14.0. The third kappa shape index (κ3) is 4.73. The minimum Gasteiger partial charge on any atom is -0.382 e. The number of rotatable bonds is 8. The number of nitrogens with zero attached hydrogens (tertiary/aromatic N) is 5. The number of anilines is 2. The average Bonchev–Trinajstić information content (AvgIpc) is 3.66. The van der Waals surface area contributed by atoms with Crippen molar-refractivity contribution in [1.82, 2.24) is 25.1 Å². The van der Waals surface area contributed by atoms with Crippen LogP contribution in [0.25, 0.3) is 0 Å². The number of nitrogens with one attached hydrogen (secondary N) is 3. The molecular weight excluding hydrogens is 504 g/mol. The molecule has 1 saturated carbocycles. The fraction of sp³-hybridized carbons (Fsp3) is 0.500. The zero-order chi connectivity index (χ0) is 27.9. The lowest BCUT2D eigenvalue weighted by Crippen LogP contribution is -2.44. The maximum absolute atomic E-state index is 13.6. The van der Waals surface area contributed by atoms with Crippen LogP contribution in [0.1, 0.15) is 72.7 Å². The molecule has 3 aromatic rings. The van der Waals surface area contributed by atoms with Crippen LogP contribution in [0.15, 0.2) is 36.7 Å². The molecule has 2 fully saturated rings. The van der Waals surface area contributed by atoms with Gasteiger partial charge in [0.05, 0.1) is 29.5 Å². The van der Waals surface area contributed by atoms with Crippen LogP contribution in [0, 0.1) is 17.2 Å². The van der Waals surface area contributed by atoms with Gasteiger partial charge in [-0.1, -0.05) is 26.0 Å². The number of aryl methyl sites for hydroxylation is 1. The first kappa shape index (κ1) is 26.4. The number of ether oxygens (including phenoxy) is 1. The van der Waals surface area contributed by atoms with Gasteiger partial charge in [0.15, 0.2) is 0 Å². The van der Waals surface area contributed by atoms with Crippen molar-refractivity contribution in [3.63, 3.8) is 0 Å². The molecule has 3 aliphatic rings. The Hall–Kier alpha value is -3.81. The third-order valence-electron chi connectivity index (χ3n) is 8.66. The summed E-state index contributed by atoms with van der Waals surface area (Å²) in [7, 11) is 1.95. The smallest absolute Gasteiger partial charge is 0.274 e. The molecule has 2 aliphatic heterocycles. The summed E-state index contributed by atoms with van der Waals surface area (Å²) in [5, 5.41) is 28.0. The maximum Gasteiger partial charge on any atom is 0.274 e. The molecule has 1 amide bonds. The van der Waals surface area contributed by atoms with Gasteiger partial charge in [-0.25, -0.2) is 4.98 Å². The maximum atomic E-state index is 13.6. The summed E-state index contributed by atoms with van der Waals surface area (Å²) in [6, 6.07) is 12.5. The van der Waals surface area contributed by atoms with Gasteiger partial charge in [0.25, 0.3) is 5.91 Å². The van der Waals surface area contributed by atoms with Crippen LogP contribution >= 0.6 is 0 Å². The zero-order valence-corrected chi connectivity index (χ0v) is 23.3. The van der Waals surface area contributed by atoms with Gasteiger partial charge in [-0.3, -0.25) is 4.79 Å². The second kappa shape index (κ2) is 10.3. The number of benzene rings is 1. The Kier molecular flexibility index (Phi) is 6.80. The van der Waals surface area contributed by atoms with Gasteiger partial charge in [0.1, 0.15) is 17.8 Å². The lowest BCUT2D eigenvalue weighted by atomic mass is 9.57. The van der Waals surface area contributed by atoms with Crippen LogP contribution in [0.2, 0.25) is 0 Å². The largest absolute Gasteiger partial charge is 0.382 e. The highest BCUT2D eigenvalue weighted by Gasteiger charge is 2.49. The number of carbonyl (C=O) groups excluding carboxylic acids is 1. The van der Waals surface area contributed by atoms with E-state index in [9.17, 15) is 10.1 Å². The molecule has 1 aliphatic carbocycles. The van der Waals surface area contributed by atoms with Gasteiger partial charge in [-0.05, 0) is 54.5 Å². The molecule has 1 aromatic carbocycles. The molecular formula is C30H36N8O2. The number of carbonyl (C=O) groups is 1. The van der Waals surface area contributed by atoms with Crippen molar-refractivity contribution < 1.29 is 9.53 Å². The Bertz CT molecular complexity index is 1460. The number of amides is 1. The van der Waals surface area contributed by atoms with Crippen molar-refractivity contribution in [3.8, 4) is 6.07 Å². The SMILES string of the molecule is Cn1cnnc1C1(c2cccc(NC(=O)c3cc(CN[C@H]4CCOC4)c4c(n3)C(C)(C)CN4)c2)CC(CC#N)C1. The van der Waals surface area contributed by atoms with Gasteiger partial charge in [0, 0.05) is 50.3 Å². The molecule has 1 atom stereocenters. The third-order valence-corrected chi connectivity index (χ3v) is 8.66. The quantitative estimate of drug-likeness (QED) is 0.395. The van der Waals surface area contributed by atoms with Crippen molar-refractivity contribution in [1.29, 1.82) is 5.26 Å². The molecule has 0 spiro atoms. The number of nitriles is 1. The Morgan fingerprint density at radius 1 is 1.30 bits per heavy atom. The van der Waals surface area contributed by atoms with E-state index in [0.717, 1.165) is 60.7 Å². The fourth-order valence-corrected chi connectivity index (χ4v) is 6.44. The van der Waals surface area contributed by atoms with E-state index < -0.39 is 0 Å². The van der Waals surface area contributed by atoms with Gasteiger partial charge in [-0.2, -0.15) is 5.26 Å². The van der Waals surface area contributed by atoms with E-state index in [0.29, 0.717) is 42.9 Å². The van der Waals surface area contributed by atoms with Crippen molar-refractivity contribution >= 4 is 17.3 Å². The zero-order valence-electron chi connectivity index (χ0n) is 23.3. The molecule has 2 aromatic heterocycles. The summed E-state index contributed by atoms with van der Waals surface area (Å²) >= 11 is 0. The lowest BCUT2D eigenvalue weighted by Gasteiger charge is -2.46. The molecule has 3 N–H and O–H groups in total. The molecule has 6 rings (SSSR count). The fourth-order valence-electron chi connectivity index (χ4n) is 6.44. The number of hydrogen-bond acceptors (Lipinski definition) is 8. The van der Waals surface area contributed by atoms with Crippen molar-refractivity contribution in [2.45, 2.75) is 62.9 Å². The summed E-state index contributed by atoms with van der Waals surface area (Å²) in [6.45, 7) is 7.21. The van der Waals surface area contributed by atoms with E-state index in [4.69, 9.17) is 9.72 Å². The first-order chi connectivity index (χ1) is 19.3. The van der Waals surface area contributed by atoms with Crippen molar-refractivity contribution in [2.24, 2.45) is 13.0 Å². The molecule has 4 heterocycles. The molecule has 0 radical (unpaired) electrons. The number of hydrogen-bond donors (Lipinski definition) is 3. The van der Waals surface area contributed by atoms with Crippen molar-refractivity contribution in [3.05, 3.63) is 65.0 Å². The predicted molar refractivity (Wildman–Crippen MR) is 151 cm³/mol. The minimum atomic E-state index is -0.336. The molecule has 0 unspecified atom stereocenters. The van der Waals surface area contributed by atoms with E-state index >= 15 is 0 Å². The highest BCUT2D eigenvalue weighted by Crippen LogP contribution is 2.53. The monoisotopic (exact) mass is 540 g/mol. The normalized spacial score (nSPS) is 24.6. The van der Waals surface area contributed by atoms with Crippen LogP contribution in [-0.2, 0) is 29.2 Å². The molecule has 40 heavy (non-hydrogen) atoms. The van der Waals surface area contributed by atoms with E-state index in [1.807, 2.05) is 35.9 Å². The average molecular weight is 541 g/mol. The van der Waals surface area contributed by atoms with E-state index in [1.54, 1.807) is 6.33 Å². The van der Waals surface area contributed by atoms with Crippen molar-refractivity contribution in [2.75, 3.05) is 30.4 Å². The highest BCUT2D eigenvalue weighted by molar-refractivity contribution is 6.03. The Balaban J connectivity index is 1.27. The van der Waals surface area contributed by atoms with Gasteiger partial charge < -0.3 is 25.3 Å². The lowest BCUT2D eigenvalue weighted by molar-refractivity contribution is 0.102. The minimum absolute atomic E-state index is 0.177. The Morgan fingerprint density at radius 3 is 2.88 bits per heavy atom. The summed E-state index contributed by atoms with van der Waals surface area (Å²) < 4.78 is 7.47. The van der Waals surface area contributed by atoms with E-state index in [2.05, 4.69) is 52.1 Å². The Morgan fingerprint density at radius 2 is 2.15 bits per heavy atom. The summed E-state index contributed by atoms with van der Waals surface area (Å²) in [5.74, 6) is 0.956. The van der Waals surface area contributed by atoms with Crippen LogP contribution in [-0.4, -0.2) is 51.5 Å². The summed E-state index contributed by atoms with van der Waals surface area (Å²) in [6.07, 6.45) is 4.87. The Labute approximate surface area is 234 Å². The molecule has 208 valence electrons. The molecule has 10 nitrogen and oxygen atoms in total. The van der Waals surface area contributed by atoms with Crippen LogP contribution < -0.4 is 16.0 Å². The van der Waals surface area contributed by atoms with Gasteiger partial charge in [-0.15, -0.1) is 10.2 Å². The predicted octanol–water partition coefficient (Wildman–Crippen LogP) is 3.65. The second-order valence-corrected chi connectivity index (χ2v) is 12.1. The highest BCUT2D eigenvalue weighted by atomic mass is 16.5.